The zero-order chi connectivity index (χ0) is 24.2. The standard InChI is InChI=1S/C28H28N2O4/c1-18-25(31)21-14-10-15-22(27(21)34-26(18)19-11-6-5-7-12-19)28(32)29-17-23(30(2)3)20-13-8-9-16-24(20)33-4/h5-16,23H,17H2,1-4H3,(H,29,32). The average Bonchev–Trinajstić information content (AvgIpc) is 2.86. The zero-order valence-electron chi connectivity index (χ0n) is 19.8. The molecule has 34 heavy (non-hydrogen) atoms. The summed E-state index contributed by atoms with van der Waals surface area (Å²) >= 11 is 0. The summed E-state index contributed by atoms with van der Waals surface area (Å²) in [6.07, 6.45) is 0. The second-order valence-electron chi connectivity index (χ2n) is 8.36. The van der Waals surface area contributed by atoms with Crippen LogP contribution in [0.1, 0.15) is 27.5 Å². The van der Waals surface area contributed by atoms with Gasteiger partial charge in [-0.25, -0.2) is 0 Å². The van der Waals surface area contributed by atoms with Crippen LogP contribution in [-0.2, 0) is 0 Å². The number of likely N-dealkylation sites (N-methyl/N-ethyl adjacent to an activating group) is 1. The highest BCUT2D eigenvalue weighted by atomic mass is 16.5. The number of para-hydroxylation sites is 2. The highest BCUT2D eigenvalue weighted by molar-refractivity contribution is 6.05. The van der Waals surface area contributed by atoms with Crippen molar-refractivity contribution in [1.82, 2.24) is 10.2 Å². The predicted molar refractivity (Wildman–Crippen MR) is 134 cm³/mol. The van der Waals surface area contributed by atoms with Crippen molar-refractivity contribution < 1.29 is 13.9 Å². The van der Waals surface area contributed by atoms with Crippen molar-refractivity contribution in [2.45, 2.75) is 13.0 Å². The number of rotatable bonds is 7. The quantitative estimate of drug-likeness (QED) is 0.432. The number of methoxy groups -OCH3 is 1. The van der Waals surface area contributed by atoms with E-state index in [4.69, 9.17) is 9.15 Å². The Hall–Kier alpha value is -3.90. The van der Waals surface area contributed by atoms with E-state index in [1.807, 2.05) is 73.6 Å². The molecule has 1 atom stereocenters. The summed E-state index contributed by atoms with van der Waals surface area (Å²) in [6, 6.07) is 22.2. The Morgan fingerprint density at radius 3 is 2.41 bits per heavy atom. The molecule has 1 heterocycles. The number of carbonyl (C=O) groups excluding carboxylic acids is 1. The monoisotopic (exact) mass is 456 g/mol. The maximum atomic E-state index is 13.3. The van der Waals surface area contributed by atoms with Gasteiger partial charge in [0.15, 0.2) is 11.0 Å². The highest BCUT2D eigenvalue weighted by Crippen LogP contribution is 2.29. The van der Waals surface area contributed by atoms with Gasteiger partial charge in [0, 0.05) is 23.2 Å². The van der Waals surface area contributed by atoms with Crippen LogP contribution in [0.4, 0.5) is 0 Å². The Morgan fingerprint density at radius 1 is 1.00 bits per heavy atom. The van der Waals surface area contributed by atoms with Crippen LogP contribution in [-0.4, -0.2) is 38.6 Å². The number of carbonyl (C=O) groups is 1. The van der Waals surface area contributed by atoms with Crippen molar-refractivity contribution in [3.8, 4) is 17.1 Å². The SMILES string of the molecule is COc1ccccc1C(CNC(=O)c1cccc2c(=O)c(C)c(-c3ccccc3)oc12)N(C)C. The number of hydrogen-bond donors (Lipinski definition) is 1. The van der Waals surface area contributed by atoms with Crippen LogP contribution < -0.4 is 15.5 Å². The molecule has 0 aliphatic heterocycles. The third kappa shape index (κ3) is 4.45. The molecule has 0 saturated heterocycles. The fourth-order valence-electron chi connectivity index (χ4n) is 4.15. The molecule has 3 aromatic carbocycles. The first-order valence-electron chi connectivity index (χ1n) is 11.1. The van der Waals surface area contributed by atoms with Gasteiger partial charge < -0.3 is 19.4 Å². The summed E-state index contributed by atoms with van der Waals surface area (Å²) in [4.78, 5) is 28.4. The molecule has 0 aliphatic carbocycles. The lowest BCUT2D eigenvalue weighted by atomic mass is 10.0. The molecular weight excluding hydrogens is 428 g/mol. The smallest absolute Gasteiger partial charge is 0.255 e. The van der Waals surface area contributed by atoms with Gasteiger partial charge in [0.1, 0.15) is 11.5 Å². The molecule has 6 heteroatoms. The van der Waals surface area contributed by atoms with Crippen molar-refractivity contribution >= 4 is 16.9 Å². The van der Waals surface area contributed by atoms with E-state index in [2.05, 4.69) is 5.32 Å². The van der Waals surface area contributed by atoms with E-state index in [1.165, 1.54) is 0 Å². The molecule has 1 N–H and O–H groups in total. The number of ether oxygens (including phenoxy) is 1. The Kier molecular flexibility index (Phi) is 6.80. The van der Waals surface area contributed by atoms with Gasteiger partial charge in [-0.1, -0.05) is 54.6 Å². The van der Waals surface area contributed by atoms with Crippen LogP contribution in [0.3, 0.4) is 0 Å². The minimum Gasteiger partial charge on any atom is -0.496 e. The summed E-state index contributed by atoms with van der Waals surface area (Å²) in [6.45, 7) is 2.10. The summed E-state index contributed by atoms with van der Waals surface area (Å²) in [5.41, 5.74) is 2.74. The second kappa shape index (κ2) is 9.93. The molecular formula is C28H28N2O4. The van der Waals surface area contributed by atoms with Crippen LogP contribution in [0.15, 0.2) is 82.0 Å². The van der Waals surface area contributed by atoms with Gasteiger partial charge in [0.25, 0.3) is 5.91 Å². The van der Waals surface area contributed by atoms with E-state index in [0.29, 0.717) is 28.8 Å². The molecule has 1 aromatic heterocycles. The van der Waals surface area contributed by atoms with E-state index < -0.39 is 0 Å². The molecule has 6 nitrogen and oxygen atoms in total. The summed E-state index contributed by atoms with van der Waals surface area (Å²) in [5, 5.41) is 3.41. The largest absolute Gasteiger partial charge is 0.496 e. The molecule has 1 amide bonds. The Bertz CT molecular complexity index is 1380. The fraction of sp³-hybridized carbons (Fsp3) is 0.214. The number of hydrogen-bond acceptors (Lipinski definition) is 5. The topological polar surface area (TPSA) is 71.8 Å². The Balaban J connectivity index is 1.70. The van der Waals surface area contributed by atoms with Gasteiger partial charge in [-0.2, -0.15) is 0 Å². The summed E-state index contributed by atoms with van der Waals surface area (Å²) in [5.74, 6) is 0.923. The van der Waals surface area contributed by atoms with E-state index in [1.54, 1.807) is 32.2 Å². The van der Waals surface area contributed by atoms with Gasteiger partial charge in [0.2, 0.25) is 0 Å². The molecule has 0 radical (unpaired) electrons. The third-order valence-corrected chi connectivity index (χ3v) is 6.00. The molecule has 4 aromatic rings. The number of nitrogens with one attached hydrogen (secondary N) is 1. The Morgan fingerprint density at radius 2 is 1.71 bits per heavy atom. The molecule has 0 aliphatic rings. The van der Waals surface area contributed by atoms with Gasteiger partial charge in [-0.05, 0) is 39.2 Å². The van der Waals surface area contributed by atoms with Crippen molar-refractivity contribution in [3.05, 3.63) is 99.7 Å². The number of benzene rings is 3. The predicted octanol–water partition coefficient (Wildman–Crippen LogP) is 4.81. The van der Waals surface area contributed by atoms with Crippen LogP contribution >= 0.6 is 0 Å². The van der Waals surface area contributed by atoms with Crippen molar-refractivity contribution in [2.24, 2.45) is 0 Å². The van der Waals surface area contributed by atoms with E-state index in [-0.39, 0.29) is 23.0 Å². The number of nitrogens with zero attached hydrogens (tertiary/aromatic N) is 1. The Labute approximate surface area is 198 Å². The lowest BCUT2D eigenvalue weighted by Crippen LogP contribution is -2.35. The first kappa shape index (κ1) is 23.3. The first-order chi connectivity index (χ1) is 16.4. The van der Waals surface area contributed by atoms with Gasteiger partial charge >= 0.3 is 0 Å². The van der Waals surface area contributed by atoms with E-state index >= 15 is 0 Å². The molecule has 1 unspecified atom stereocenters. The van der Waals surface area contributed by atoms with Crippen LogP contribution in [0.2, 0.25) is 0 Å². The van der Waals surface area contributed by atoms with Crippen molar-refractivity contribution in [3.63, 3.8) is 0 Å². The van der Waals surface area contributed by atoms with Crippen LogP contribution in [0.25, 0.3) is 22.3 Å². The lowest BCUT2D eigenvalue weighted by Gasteiger charge is -2.26. The first-order valence-corrected chi connectivity index (χ1v) is 11.1. The number of amides is 1. The molecule has 0 bridgehead atoms. The summed E-state index contributed by atoms with van der Waals surface area (Å²) < 4.78 is 11.7. The number of fused-ring (bicyclic) bond motifs is 1. The molecule has 174 valence electrons. The van der Waals surface area contributed by atoms with Crippen LogP contribution in [0.5, 0.6) is 5.75 Å². The van der Waals surface area contributed by atoms with Crippen molar-refractivity contribution in [1.29, 1.82) is 0 Å². The zero-order valence-corrected chi connectivity index (χ0v) is 19.8. The summed E-state index contributed by atoms with van der Waals surface area (Å²) in [7, 11) is 5.54. The van der Waals surface area contributed by atoms with Crippen molar-refractivity contribution in [2.75, 3.05) is 27.7 Å². The minimum absolute atomic E-state index is 0.107. The van der Waals surface area contributed by atoms with Gasteiger partial charge in [-0.3, -0.25) is 9.59 Å². The molecule has 4 rings (SSSR count). The minimum atomic E-state index is -0.307. The molecule has 0 saturated carbocycles. The maximum absolute atomic E-state index is 13.3. The van der Waals surface area contributed by atoms with Gasteiger partial charge in [0.05, 0.1) is 24.1 Å². The third-order valence-electron chi connectivity index (χ3n) is 6.00. The molecule has 0 spiro atoms. The van der Waals surface area contributed by atoms with Crippen LogP contribution in [0, 0.1) is 6.92 Å². The second-order valence-corrected chi connectivity index (χ2v) is 8.36. The highest BCUT2D eigenvalue weighted by Gasteiger charge is 2.22. The molecule has 0 fully saturated rings. The average molecular weight is 457 g/mol. The fourth-order valence-corrected chi connectivity index (χ4v) is 4.15. The van der Waals surface area contributed by atoms with Gasteiger partial charge in [-0.15, -0.1) is 0 Å². The lowest BCUT2D eigenvalue weighted by molar-refractivity contribution is 0.0942. The maximum Gasteiger partial charge on any atom is 0.255 e. The van der Waals surface area contributed by atoms with E-state index in [9.17, 15) is 9.59 Å². The normalized spacial score (nSPS) is 12.0. The van der Waals surface area contributed by atoms with E-state index in [0.717, 1.165) is 16.9 Å².